The summed E-state index contributed by atoms with van der Waals surface area (Å²) in [4.78, 5) is 21.4. The van der Waals surface area contributed by atoms with Gasteiger partial charge in [0.15, 0.2) is 0 Å². The fraction of sp³-hybridized carbons (Fsp3) is 0.375. The van der Waals surface area contributed by atoms with Gasteiger partial charge in [-0.05, 0) is 11.1 Å². The van der Waals surface area contributed by atoms with E-state index in [0.29, 0.717) is 24.0 Å². The Hall–Kier alpha value is -2.10. The third kappa shape index (κ3) is 4.53. The number of allylic oxidation sites excluding steroid dienone is 6. The number of hydrogen-bond acceptors (Lipinski definition) is 2. The van der Waals surface area contributed by atoms with Gasteiger partial charge in [-0.1, -0.05) is 52.0 Å². The number of carboxylic acids is 2. The predicted molar refractivity (Wildman–Crippen MR) is 79.5 cm³/mol. The lowest BCUT2D eigenvalue weighted by atomic mass is 10.0. The van der Waals surface area contributed by atoms with Gasteiger partial charge in [0.2, 0.25) is 0 Å². The van der Waals surface area contributed by atoms with Gasteiger partial charge < -0.3 is 10.2 Å². The van der Waals surface area contributed by atoms with Crippen LogP contribution in [0.25, 0.3) is 0 Å². The maximum atomic E-state index is 10.7. The molecule has 0 saturated heterocycles. The monoisotopic (exact) mass is 278 g/mol. The van der Waals surface area contributed by atoms with E-state index in [2.05, 4.69) is 0 Å². The molecule has 0 bridgehead atoms. The summed E-state index contributed by atoms with van der Waals surface area (Å²) < 4.78 is 0. The van der Waals surface area contributed by atoms with Gasteiger partial charge in [0, 0.05) is 24.0 Å². The lowest BCUT2D eigenvalue weighted by molar-refractivity contribution is -0.133. The van der Waals surface area contributed by atoms with E-state index < -0.39 is 11.9 Å². The molecule has 4 nitrogen and oxygen atoms in total. The van der Waals surface area contributed by atoms with E-state index in [9.17, 15) is 9.59 Å². The van der Waals surface area contributed by atoms with Crippen molar-refractivity contribution in [1.82, 2.24) is 0 Å². The highest BCUT2D eigenvalue weighted by Gasteiger charge is 2.21. The van der Waals surface area contributed by atoms with E-state index in [1.807, 2.05) is 27.7 Å². The third-order valence-corrected chi connectivity index (χ3v) is 2.70. The summed E-state index contributed by atoms with van der Waals surface area (Å²) in [6.45, 7) is 8.00. The first-order valence-corrected chi connectivity index (χ1v) is 6.84. The second-order valence-electron chi connectivity index (χ2n) is 3.73. The van der Waals surface area contributed by atoms with Gasteiger partial charge in [-0.25, -0.2) is 9.59 Å². The van der Waals surface area contributed by atoms with Crippen LogP contribution < -0.4 is 0 Å². The van der Waals surface area contributed by atoms with E-state index in [4.69, 9.17) is 10.2 Å². The number of hydrogen-bond donors (Lipinski definition) is 2. The zero-order chi connectivity index (χ0) is 15.7. The van der Waals surface area contributed by atoms with Gasteiger partial charge in [0.25, 0.3) is 0 Å². The molecule has 0 aromatic heterocycles. The van der Waals surface area contributed by atoms with Gasteiger partial charge in [-0.2, -0.15) is 0 Å². The molecular weight excluding hydrogens is 256 g/mol. The normalized spacial score (nSPS) is 15.6. The summed E-state index contributed by atoms with van der Waals surface area (Å²) >= 11 is 0. The Kier molecular flexibility index (Phi) is 7.97. The van der Waals surface area contributed by atoms with E-state index in [1.165, 1.54) is 0 Å². The molecule has 0 aliphatic heterocycles. The molecule has 0 aromatic carbocycles. The number of aliphatic carboxylic acids is 2. The highest BCUT2D eigenvalue weighted by molar-refractivity contribution is 5.91. The third-order valence-electron chi connectivity index (χ3n) is 2.70. The van der Waals surface area contributed by atoms with Crippen molar-refractivity contribution in [3.05, 3.63) is 46.6 Å². The zero-order valence-electron chi connectivity index (χ0n) is 12.4. The minimum atomic E-state index is -0.920. The van der Waals surface area contributed by atoms with Gasteiger partial charge in [-0.15, -0.1) is 0 Å². The Morgan fingerprint density at radius 1 is 0.750 bits per heavy atom. The maximum Gasteiger partial charge on any atom is 0.331 e. The molecule has 0 fully saturated rings. The van der Waals surface area contributed by atoms with Crippen LogP contribution in [-0.2, 0) is 9.59 Å². The van der Waals surface area contributed by atoms with Crippen LogP contribution in [0.15, 0.2) is 46.6 Å². The number of rotatable bonds is 3. The SMILES string of the molecule is CC.CC.O=C(O)C1=CC=C(C2=CC=C(C(=O)O)C2)C1. The second kappa shape index (κ2) is 8.91. The van der Waals surface area contributed by atoms with Crippen LogP contribution in [0, 0.1) is 0 Å². The first-order valence-electron chi connectivity index (χ1n) is 6.84. The summed E-state index contributed by atoms with van der Waals surface area (Å²) in [5, 5.41) is 17.6. The van der Waals surface area contributed by atoms with Crippen molar-refractivity contribution in [2.75, 3.05) is 0 Å². The van der Waals surface area contributed by atoms with Gasteiger partial charge >= 0.3 is 11.9 Å². The highest BCUT2D eigenvalue weighted by atomic mass is 16.4. The first-order chi connectivity index (χ1) is 9.58. The Morgan fingerprint density at radius 2 is 1.05 bits per heavy atom. The van der Waals surface area contributed by atoms with Crippen LogP contribution in [0.5, 0.6) is 0 Å². The molecule has 0 heterocycles. The van der Waals surface area contributed by atoms with E-state index in [-0.39, 0.29) is 0 Å². The van der Waals surface area contributed by atoms with Gasteiger partial charge in [-0.3, -0.25) is 0 Å². The van der Waals surface area contributed by atoms with E-state index in [0.717, 1.165) is 11.1 Å². The van der Waals surface area contributed by atoms with Crippen molar-refractivity contribution in [3.63, 3.8) is 0 Å². The molecule has 0 radical (unpaired) electrons. The largest absolute Gasteiger partial charge is 0.478 e. The molecule has 0 aromatic rings. The van der Waals surface area contributed by atoms with Gasteiger partial charge in [0.1, 0.15) is 0 Å². The molecular formula is C16H22O4. The smallest absolute Gasteiger partial charge is 0.331 e. The highest BCUT2D eigenvalue weighted by Crippen LogP contribution is 2.32. The summed E-state index contributed by atoms with van der Waals surface area (Å²) in [6.07, 6.45) is 7.38. The van der Waals surface area contributed by atoms with Crippen LogP contribution in [0.3, 0.4) is 0 Å². The molecule has 2 N–H and O–H groups in total. The summed E-state index contributed by atoms with van der Waals surface area (Å²) in [5.74, 6) is -1.84. The summed E-state index contributed by atoms with van der Waals surface area (Å²) in [6, 6.07) is 0. The molecule has 2 rings (SSSR count). The van der Waals surface area contributed by atoms with E-state index >= 15 is 0 Å². The Balaban J connectivity index is 0.000000829. The van der Waals surface area contributed by atoms with Crippen molar-refractivity contribution >= 4 is 11.9 Å². The summed E-state index contributed by atoms with van der Waals surface area (Å²) in [5.41, 5.74) is 2.48. The maximum absolute atomic E-state index is 10.7. The molecule has 0 spiro atoms. The average molecular weight is 278 g/mol. The molecule has 0 amide bonds. The standard InChI is InChI=1S/C12H10O4.2C2H6/c13-11(14)9-3-1-7(5-9)8-2-4-10(6-8)12(15)16;2*1-2/h1-4H,5-6H2,(H,13,14)(H,15,16);2*1-2H3. The molecule has 0 atom stereocenters. The first kappa shape index (κ1) is 17.9. The van der Waals surface area contributed by atoms with Crippen LogP contribution in [-0.4, -0.2) is 22.2 Å². The summed E-state index contributed by atoms with van der Waals surface area (Å²) in [7, 11) is 0. The van der Waals surface area contributed by atoms with Crippen LogP contribution in [0.4, 0.5) is 0 Å². The number of carbonyl (C=O) groups is 2. The van der Waals surface area contributed by atoms with Crippen molar-refractivity contribution in [2.45, 2.75) is 40.5 Å². The molecule has 20 heavy (non-hydrogen) atoms. The van der Waals surface area contributed by atoms with Crippen molar-refractivity contribution in [3.8, 4) is 0 Å². The minimum absolute atomic E-state index is 0.347. The lowest BCUT2D eigenvalue weighted by Crippen LogP contribution is -2.01. The quantitative estimate of drug-likeness (QED) is 0.825. The molecule has 4 heteroatoms. The Bertz CT molecular complexity index is 445. The van der Waals surface area contributed by atoms with Crippen molar-refractivity contribution in [2.24, 2.45) is 0 Å². The fourth-order valence-electron chi connectivity index (χ4n) is 1.78. The van der Waals surface area contributed by atoms with Crippen molar-refractivity contribution in [1.29, 1.82) is 0 Å². The average Bonchev–Trinajstić information content (AvgIpc) is 3.12. The predicted octanol–water partition coefficient (Wildman–Crippen LogP) is 3.72. The Labute approximate surface area is 119 Å². The zero-order valence-corrected chi connectivity index (χ0v) is 12.4. The van der Waals surface area contributed by atoms with Crippen LogP contribution >= 0.6 is 0 Å². The molecule has 0 saturated carbocycles. The van der Waals surface area contributed by atoms with Gasteiger partial charge in [0.05, 0.1) is 0 Å². The fourth-order valence-corrected chi connectivity index (χ4v) is 1.78. The van der Waals surface area contributed by atoms with Crippen LogP contribution in [0.1, 0.15) is 40.5 Å². The van der Waals surface area contributed by atoms with E-state index in [1.54, 1.807) is 24.3 Å². The topological polar surface area (TPSA) is 74.6 Å². The molecule has 110 valence electrons. The second-order valence-corrected chi connectivity index (χ2v) is 3.73. The lowest BCUT2D eigenvalue weighted by Gasteiger charge is -2.04. The number of carboxylic acid groups (broad SMARTS) is 2. The van der Waals surface area contributed by atoms with Crippen LogP contribution in [0.2, 0.25) is 0 Å². The molecule has 2 aliphatic carbocycles. The Morgan fingerprint density at radius 3 is 1.25 bits per heavy atom. The minimum Gasteiger partial charge on any atom is -0.478 e. The van der Waals surface area contributed by atoms with Crippen molar-refractivity contribution < 1.29 is 19.8 Å². The molecule has 0 unspecified atom stereocenters. The molecule has 2 aliphatic rings.